The smallest absolute Gasteiger partial charge is 0.169 e. The van der Waals surface area contributed by atoms with Crippen LogP contribution in [0.3, 0.4) is 0 Å². The van der Waals surface area contributed by atoms with Crippen LogP contribution in [0.15, 0.2) is 18.2 Å². The second kappa shape index (κ2) is 4.65. The van der Waals surface area contributed by atoms with Crippen LogP contribution < -0.4 is 10.1 Å². The first-order valence-corrected chi connectivity index (χ1v) is 6.06. The van der Waals surface area contributed by atoms with Crippen LogP contribution in [0.1, 0.15) is 25.8 Å². The molecule has 94 valence electrons. The summed E-state index contributed by atoms with van der Waals surface area (Å²) < 4.78 is 18.8. The molecule has 2 rings (SSSR count). The third kappa shape index (κ3) is 2.78. The Balaban J connectivity index is 1.87. The van der Waals surface area contributed by atoms with Gasteiger partial charge in [0.1, 0.15) is 0 Å². The minimum absolute atomic E-state index is 0.252. The van der Waals surface area contributed by atoms with E-state index in [2.05, 4.69) is 19.2 Å². The third-order valence-corrected chi connectivity index (χ3v) is 3.69. The molecule has 1 aliphatic rings. The monoisotopic (exact) mass is 237 g/mol. The molecule has 0 radical (unpaired) electrons. The molecule has 1 aromatic rings. The van der Waals surface area contributed by atoms with E-state index in [0.717, 1.165) is 12.5 Å². The molecule has 0 bridgehead atoms. The van der Waals surface area contributed by atoms with Crippen molar-refractivity contribution in [3.63, 3.8) is 0 Å². The summed E-state index contributed by atoms with van der Waals surface area (Å²) in [7, 11) is 1.49. The molecular formula is C14H20FNO. The fraction of sp³-hybridized carbons (Fsp3) is 0.571. The zero-order valence-electron chi connectivity index (χ0n) is 10.7. The van der Waals surface area contributed by atoms with Crippen LogP contribution >= 0.6 is 0 Å². The predicted octanol–water partition coefficient (Wildman–Crippen LogP) is 2.97. The van der Waals surface area contributed by atoms with Gasteiger partial charge in [-0.3, -0.25) is 0 Å². The minimum atomic E-state index is -0.252. The average Bonchev–Trinajstić information content (AvgIpc) is 2.89. The second-order valence-electron chi connectivity index (χ2n) is 5.45. The van der Waals surface area contributed by atoms with Gasteiger partial charge in [0.2, 0.25) is 0 Å². The number of hydrogen-bond donors (Lipinski definition) is 1. The van der Waals surface area contributed by atoms with E-state index in [-0.39, 0.29) is 5.82 Å². The maximum absolute atomic E-state index is 13.8. The molecule has 3 heteroatoms. The van der Waals surface area contributed by atoms with E-state index in [1.807, 2.05) is 6.07 Å². The summed E-state index contributed by atoms with van der Waals surface area (Å²) in [5.41, 5.74) is 1.14. The fourth-order valence-electron chi connectivity index (χ4n) is 2.16. The highest BCUT2D eigenvalue weighted by atomic mass is 19.1. The molecule has 1 aromatic carbocycles. The molecule has 1 unspecified atom stereocenters. The maximum atomic E-state index is 13.8. The lowest BCUT2D eigenvalue weighted by molar-refractivity contribution is 0.383. The first-order valence-electron chi connectivity index (χ1n) is 6.06. The van der Waals surface area contributed by atoms with Crippen LogP contribution in [0.4, 0.5) is 4.39 Å². The summed E-state index contributed by atoms with van der Waals surface area (Å²) in [5.74, 6) is 0.796. The van der Waals surface area contributed by atoms with E-state index in [1.165, 1.54) is 13.5 Å². The van der Waals surface area contributed by atoms with Crippen molar-refractivity contribution in [3.8, 4) is 5.75 Å². The summed E-state index contributed by atoms with van der Waals surface area (Å²) in [6.07, 6.45) is 1.26. The van der Waals surface area contributed by atoms with Gasteiger partial charge in [0.05, 0.1) is 7.11 Å². The van der Waals surface area contributed by atoms with E-state index in [4.69, 9.17) is 4.74 Å². The largest absolute Gasteiger partial charge is 0.494 e. The van der Waals surface area contributed by atoms with Crippen molar-refractivity contribution in [1.29, 1.82) is 0 Å². The highest BCUT2D eigenvalue weighted by Crippen LogP contribution is 2.50. The molecular weight excluding hydrogens is 217 g/mol. The summed E-state index contributed by atoms with van der Waals surface area (Å²) in [6.45, 7) is 6.07. The Morgan fingerprint density at radius 2 is 2.18 bits per heavy atom. The number of benzene rings is 1. The van der Waals surface area contributed by atoms with E-state index in [9.17, 15) is 4.39 Å². The molecule has 0 saturated heterocycles. The topological polar surface area (TPSA) is 21.3 Å². The van der Waals surface area contributed by atoms with E-state index < -0.39 is 0 Å². The van der Waals surface area contributed by atoms with Crippen molar-refractivity contribution >= 4 is 0 Å². The van der Waals surface area contributed by atoms with Gasteiger partial charge in [-0.25, -0.2) is 4.39 Å². The zero-order valence-corrected chi connectivity index (χ0v) is 10.7. The average molecular weight is 237 g/mol. The van der Waals surface area contributed by atoms with Crippen LogP contribution in [-0.4, -0.2) is 13.7 Å². The number of rotatable bonds is 5. The summed E-state index contributed by atoms with van der Waals surface area (Å²) in [5, 5.41) is 3.32. The molecule has 2 nitrogen and oxygen atoms in total. The molecule has 1 fully saturated rings. The molecule has 1 atom stereocenters. The van der Waals surface area contributed by atoms with Crippen LogP contribution in [0.25, 0.3) is 0 Å². The van der Waals surface area contributed by atoms with Crippen molar-refractivity contribution in [3.05, 3.63) is 29.6 Å². The number of nitrogens with one attached hydrogen (secondary N) is 1. The van der Waals surface area contributed by atoms with Crippen LogP contribution in [0, 0.1) is 17.2 Å². The van der Waals surface area contributed by atoms with Crippen molar-refractivity contribution < 1.29 is 9.13 Å². The second-order valence-corrected chi connectivity index (χ2v) is 5.45. The minimum Gasteiger partial charge on any atom is -0.494 e. The first kappa shape index (κ1) is 12.4. The number of hydrogen-bond acceptors (Lipinski definition) is 2. The Kier molecular flexibility index (Phi) is 3.38. The van der Waals surface area contributed by atoms with Crippen molar-refractivity contribution in [2.45, 2.75) is 26.8 Å². The molecule has 0 aliphatic heterocycles. The number of methoxy groups -OCH3 is 1. The van der Waals surface area contributed by atoms with Crippen LogP contribution in [0.2, 0.25) is 0 Å². The van der Waals surface area contributed by atoms with E-state index >= 15 is 0 Å². The highest BCUT2D eigenvalue weighted by molar-refractivity contribution is 5.30. The van der Waals surface area contributed by atoms with Gasteiger partial charge < -0.3 is 10.1 Å². The molecule has 0 aromatic heterocycles. The standard InChI is InChI=1S/C14H20FNO/c1-14(2)7-11(14)9-16-8-10-5-4-6-12(17-3)13(10)15/h4-6,11,16H,7-9H2,1-3H3. The number of halogens is 1. The molecule has 0 amide bonds. The first-order chi connectivity index (χ1) is 8.04. The Labute approximate surface area is 102 Å². The Bertz CT molecular complexity index is 403. The van der Waals surface area contributed by atoms with Crippen molar-refractivity contribution in [2.24, 2.45) is 11.3 Å². The summed E-state index contributed by atoms with van der Waals surface area (Å²) in [6, 6.07) is 5.26. The third-order valence-electron chi connectivity index (χ3n) is 3.69. The lowest BCUT2D eigenvalue weighted by Gasteiger charge is -2.09. The van der Waals surface area contributed by atoms with Gasteiger partial charge in [-0.15, -0.1) is 0 Å². The molecule has 0 spiro atoms. The summed E-state index contributed by atoms with van der Waals surface area (Å²) in [4.78, 5) is 0. The lowest BCUT2D eigenvalue weighted by Crippen LogP contribution is -2.18. The zero-order chi connectivity index (χ0) is 12.5. The Hall–Kier alpha value is -1.09. The molecule has 17 heavy (non-hydrogen) atoms. The van der Waals surface area contributed by atoms with Gasteiger partial charge in [0.25, 0.3) is 0 Å². The summed E-state index contributed by atoms with van der Waals surface area (Å²) >= 11 is 0. The van der Waals surface area contributed by atoms with Crippen LogP contribution in [0.5, 0.6) is 5.75 Å². The van der Waals surface area contributed by atoms with Gasteiger partial charge in [-0.2, -0.15) is 0 Å². The van der Waals surface area contributed by atoms with Crippen molar-refractivity contribution in [2.75, 3.05) is 13.7 Å². The van der Waals surface area contributed by atoms with Gasteiger partial charge >= 0.3 is 0 Å². The molecule has 1 saturated carbocycles. The maximum Gasteiger partial charge on any atom is 0.169 e. The predicted molar refractivity (Wildman–Crippen MR) is 66.5 cm³/mol. The highest BCUT2D eigenvalue weighted by Gasteiger charge is 2.44. The van der Waals surface area contributed by atoms with Crippen molar-refractivity contribution in [1.82, 2.24) is 5.32 Å². The van der Waals surface area contributed by atoms with Gasteiger partial charge in [0, 0.05) is 12.1 Å². The van der Waals surface area contributed by atoms with Crippen LogP contribution in [-0.2, 0) is 6.54 Å². The molecule has 1 aliphatic carbocycles. The quantitative estimate of drug-likeness (QED) is 0.850. The van der Waals surface area contributed by atoms with Gasteiger partial charge in [-0.1, -0.05) is 26.0 Å². The molecule has 0 heterocycles. The molecule has 1 N–H and O–H groups in total. The van der Waals surface area contributed by atoms with Gasteiger partial charge in [-0.05, 0) is 30.4 Å². The number of ether oxygens (including phenoxy) is 1. The Morgan fingerprint density at radius 1 is 1.47 bits per heavy atom. The SMILES string of the molecule is COc1cccc(CNCC2CC2(C)C)c1F. The fourth-order valence-corrected chi connectivity index (χ4v) is 2.16. The Morgan fingerprint density at radius 3 is 2.76 bits per heavy atom. The lowest BCUT2D eigenvalue weighted by atomic mass is 10.1. The van der Waals surface area contributed by atoms with E-state index in [1.54, 1.807) is 12.1 Å². The van der Waals surface area contributed by atoms with E-state index in [0.29, 0.717) is 23.3 Å². The van der Waals surface area contributed by atoms with Gasteiger partial charge in [0.15, 0.2) is 11.6 Å². The normalized spacial score (nSPS) is 21.3.